The Morgan fingerprint density at radius 1 is 1.28 bits per heavy atom. The molecule has 0 aliphatic rings. The minimum atomic E-state index is -0.566. The van der Waals surface area contributed by atoms with Gasteiger partial charge in [0, 0.05) is 11.6 Å². The smallest absolute Gasteiger partial charge is 0.277 e. The summed E-state index contributed by atoms with van der Waals surface area (Å²) in [6.07, 6.45) is 0. The van der Waals surface area contributed by atoms with Gasteiger partial charge in [-0.15, -0.1) is 0 Å². The van der Waals surface area contributed by atoms with Gasteiger partial charge in [-0.25, -0.2) is 5.10 Å². The van der Waals surface area contributed by atoms with Crippen molar-refractivity contribution < 1.29 is 9.32 Å². The van der Waals surface area contributed by atoms with Crippen LogP contribution in [-0.2, 0) is 6.54 Å². The van der Waals surface area contributed by atoms with Crippen molar-refractivity contribution in [2.75, 3.05) is 0 Å². The Labute approximate surface area is 148 Å². The molecule has 0 bridgehead atoms. The highest BCUT2D eigenvalue weighted by Crippen LogP contribution is 2.24. The van der Waals surface area contributed by atoms with Gasteiger partial charge in [-0.05, 0) is 37.6 Å². The van der Waals surface area contributed by atoms with Crippen LogP contribution >= 0.6 is 11.6 Å². The molecule has 3 aromatic rings. The SMILES string of the molecule is Cc1noc(C)c1-c1cc(C(=O)NCc2ccc(Cl)cc2)c(=O)[nH]n1. The number of halogens is 1. The highest BCUT2D eigenvalue weighted by molar-refractivity contribution is 6.30. The van der Waals surface area contributed by atoms with Crippen LogP contribution in [0.25, 0.3) is 11.3 Å². The number of benzene rings is 1. The average molecular weight is 359 g/mol. The maximum absolute atomic E-state index is 12.4. The lowest BCUT2D eigenvalue weighted by Crippen LogP contribution is -2.29. The molecule has 0 saturated heterocycles. The number of amides is 1. The molecule has 2 aromatic heterocycles. The first-order valence-corrected chi connectivity index (χ1v) is 7.89. The van der Waals surface area contributed by atoms with E-state index in [4.69, 9.17) is 16.1 Å². The van der Waals surface area contributed by atoms with Gasteiger partial charge in [-0.1, -0.05) is 28.9 Å². The first-order valence-electron chi connectivity index (χ1n) is 7.51. The van der Waals surface area contributed by atoms with Crippen molar-refractivity contribution in [3.8, 4) is 11.3 Å². The van der Waals surface area contributed by atoms with Crippen molar-refractivity contribution in [1.82, 2.24) is 20.7 Å². The third-order valence-corrected chi connectivity index (χ3v) is 3.96. The van der Waals surface area contributed by atoms with Crippen LogP contribution in [0.2, 0.25) is 5.02 Å². The highest BCUT2D eigenvalue weighted by Gasteiger charge is 2.17. The molecule has 25 heavy (non-hydrogen) atoms. The van der Waals surface area contributed by atoms with Crippen LogP contribution in [0.15, 0.2) is 39.6 Å². The maximum atomic E-state index is 12.4. The fraction of sp³-hybridized carbons (Fsp3) is 0.176. The summed E-state index contributed by atoms with van der Waals surface area (Å²) in [5.74, 6) is 0.0659. The van der Waals surface area contributed by atoms with E-state index in [9.17, 15) is 9.59 Å². The zero-order valence-corrected chi connectivity index (χ0v) is 14.3. The molecular weight excluding hydrogens is 344 g/mol. The molecule has 0 saturated carbocycles. The maximum Gasteiger partial charge on any atom is 0.277 e. The Hall–Kier alpha value is -2.93. The summed E-state index contributed by atoms with van der Waals surface area (Å²) in [5, 5.41) is 13.5. The zero-order chi connectivity index (χ0) is 18.0. The number of nitrogens with zero attached hydrogens (tertiary/aromatic N) is 2. The first-order chi connectivity index (χ1) is 12.0. The molecule has 2 heterocycles. The molecule has 2 N–H and O–H groups in total. The van der Waals surface area contributed by atoms with Gasteiger partial charge in [-0.3, -0.25) is 9.59 Å². The number of H-pyrrole nitrogens is 1. The van der Waals surface area contributed by atoms with Crippen LogP contribution in [0.3, 0.4) is 0 Å². The fourth-order valence-corrected chi connectivity index (χ4v) is 2.56. The lowest BCUT2D eigenvalue weighted by atomic mass is 10.1. The average Bonchev–Trinajstić information content (AvgIpc) is 2.93. The van der Waals surface area contributed by atoms with Crippen molar-refractivity contribution in [1.29, 1.82) is 0 Å². The molecule has 0 radical (unpaired) electrons. The summed E-state index contributed by atoms with van der Waals surface area (Å²) in [7, 11) is 0. The van der Waals surface area contributed by atoms with Gasteiger partial charge >= 0.3 is 0 Å². The highest BCUT2D eigenvalue weighted by atomic mass is 35.5. The van der Waals surface area contributed by atoms with E-state index >= 15 is 0 Å². The summed E-state index contributed by atoms with van der Waals surface area (Å²) >= 11 is 5.83. The van der Waals surface area contributed by atoms with Gasteiger partial charge in [-0.2, -0.15) is 5.10 Å². The van der Waals surface area contributed by atoms with Crippen LogP contribution in [-0.4, -0.2) is 21.3 Å². The van der Waals surface area contributed by atoms with Crippen LogP contribution in [0.5, 0.6) is 0 Å². The Bertz CT molecular complexity index is 957. The van der Waals surface area contributed by atoms with E-state index in [-0.39, 0.29) is 12.1 Å². The second-order valence-electron chi connectivity index (χ2n) is 5.50. The van der Waals surface area contributed by atoms with Crippen LogP contribution < -0.4 is 10.9 Å². The van der Waals surface area contributed by atoms with E-state index < -0.39 is 11.5 Å². The van der Waals surface area contributed by atoms with Gasteiger partial charge in [0.05, 0.1) is 17.0 Å². The minimum absolute atomic E-state index is 0.0287. The van der Waals surface area contributed by atoms with E-state index in [0.717, 1.165) is 5.56 Å². The summed E-state index contributed by atoms with van der Waals surface area (Å²) in [6.45, 7) is 3.78. The number of aromatic nitrogens is 3. The molecule has 0 aliphatic carbocycles. The second kappa shape index (κ2) is 6.90. The van der Waals surface area contributed by atoms with E-state index in [1.165, 1.54) is 6.07 Å². The molecule has 1 aromatic carbocycles. The molecule has 8 heteroatoms. The van der Waals surface area contributed by atoms with E-state index in [1.54, 1.807) is 38.1 Å². The number of rotatable bonds is 4. The third-order valence-electron chi connectivity index (χ3n) is 3.70. The Morgan fingerprint density at radius 2 is 2.00 bits per heavy atom. The topological polar surface area (TPSA) is 101 Å². The van der Waals surface area contributed by atoms with Crippen molar-refractivity contribution in [2.24, 2.45) is 0 Å². The van der Waals surface area contributed by atoms with E-state index in [2.05, 4.69) is 20.7 Å². The van der Waals surface area contributed by atoms with Crippen molar-refractivity contribution in [2.45, 2.75) is 20.4 Å². The normalized spacial score (nSPS) is 10.7. The first kappa shape index (κ1) is 16.9. The van der Waals surface area contributed by atoms with Crippen LogP contribution in [0.4, 0.5) is 0 Å². The molecule has 128 valence electrons. The predicted molar refractivity (Wildman–Crippen MR) is 92.5 cm³/mol. The fourth-order valence-electron chi connectivity index (χ4n) is 2.43. The minimum Gasteiger partial charge on any atom is -0.361 e. The second-order valence-corrected chi connectivity index (χ2v) is 5.94. The molecular formula is C17H15ClN4O3. The van der Waals surface area contributed by atoms with Crippen molar-refractivity contribution in [3.63, 3.8) is 0 Å². The van der Waals surface area contributed by atoms with Gasteiger partial charge in [0.2, 0.25) is 0 Å². The summed E-state index contributed by atoms with van der Waals surface area (Å²) < 4.78 is 5.10. The molecule has 0 spiro atoms. The number of carbonyl (C=O) groups excluding carboxylic acids is 1. The Morgan fingerprint density at radius 3 is 2.64 bits per heavy atom. The van der Waals surface area contributed by atoms with E-state index in [1.807, 2.05) is 0 Å². The monoisotopic (exact) mass is 358 g/mol. The molecule has 0 unspecified atom stereocenters. The third kappa shape index (κ3) is 3.61. The predicted octanol–water partition coefficient (Wildman–Crippen LogP) is 2.63. The van der Waals surface area contributed by atoms with Gasteiger partial charge in [0.15, 0.2) is 0 Å². The van der Waals surface area contributed by atoms with Crippen molar-refractivity contribution in [3.05, 3.63) is 68.3 Å². The van der Waals surface area contributed by atoms with Crippen LogP contribution in [0, 0.1) is 13.8 Å². The summed E-state index contributed by atoms with van der Waals surface area (Å²) in [5.41, 5.74) is 1.98. The lowest BCUT2D eigenvalue weighted by Gasteiger charge is -2.06. The number of aromatic amines is 1. The Kier molecular flexibility index (Phi) is 4.67. The quantitative estimate of drug-likeness (QED) is 0.746. The zero-order valence-electron chi connectivity index (χ0n) is 13.6. The largest absolute Gasteiger partial charge is 0.361 e. The number of nitrogens with one attached hydrogen (secondary N) is 2. The van der Waals surface area contributed by atoms with Gasteiger partial charge < -0.3 is 9.84 Å². The Balaban J connectivity index is 1.84. The molecule has 0 atom stereocenters. The van der Waals surface area contributed by atoms with Crippen molar-refractivity contribution >= 4 is 17.5 Å². The number of carbonyl (C=O) groups is 1. The van der Waals surface area contributed by atoms with E-state index in [0.29, 0.717) is 27.7 Å². The number of hydrogen-bond acceptors (Lipinski definition) is 5. The summed E-state index contributed by atoms with van der Waals surface area (Å²) in [6, 6.07) is 8.50. The van der Waals surface area contributed by atoms with Gasteiger partial charge in [0.1, 0.15) is 11.3 Å². The van der Waals surface area contributed by atoms with Crippen LogP contribution in [0.1, 0.15) is 27.4 Å². The molecule has 7 nitrogen and oxygen atoms in total. The number of hydrogen-bond donors (Lipinski definition) is 2. The lowest BCUT2D eigenvalue weighted by molar-refractivity contribution is 0.0949. The molecule has 0 fully saturated rings. The standard InChI is InChI=1S/C17H15ClN4O3/c1-9-15(10(2)25-22-9)14-7-13(17(24)21-20-14)16(23)19-8-11-3-5-12(18)6-4-11/h3-7H,8H2,1-2H3,(H,19,23)(H,21,24). The van der Waals surface area contributed by atoms with Gasteiger partial charge in [0.25, 0.3) is 11.5 Å². The molecule has 3 rings (SSSR count). The number of aryl methyl sites for hydroxylation is 2. The summed E-state index contributed by atoms with van der Waals surface area (Å²) in [4.78, 5) is 24.3. The molecule has 1 amide bonds. The molecule has 0 aliphatic heterocycles.